The summed E-state index contributed by atoms with van der Waals surface area (Å²) in [5, 5.41) is 3.06. The lowest BCUT2D eigenvalue weighted by Crippen LogP contribution is -2.33. The van der Waals surface area contributed by atoms with E-state index in [1.165, 1.54) is 5.56 Å². The summed E-state index contributed by atoms with van der Waals surface area (Å²) in [5.41, 5.74) is 4.33. The molecule has 0 bridgehead atoms. The molecule has 0 spiro atoms. The Hall–Kier alpha value is -2.33. The number of ether oxygens (including phenoxy) is 1. The molecule has 2 rings (SSSR count). The van der Waals surface area contributed by atoms with E-state index in [1.54, 1.807) is 0 Å². The fourth-order valence-electron chi connectivity index (χ4n) is 2.73. The van der Waals surface area contributed by atoms with Gasteiger partial charge in [0.1, 0.15) is 12.4 Å². The summed E-state index contributed by atoms with van der Waals surface area (Å²) in [6.45, 7) is 7.73. The fraction of sp³-hybridized carbons (Fsp3) is 0.381. The summed E-state index contributed by atoms with van der Waals surface area (Å²) in [6, 6.07) is 14.1. The predicted molar refractivity (Wildman–Crippen MR) is 103 cm³/mol. The minimum atomic E-state index is 0.00221. The fourth-order valence-corrected chi connectivity index (χ4v) is 2.73. The highest BCUT2D eigenvalue weighted by atomic mass is 16.5. The first-order valence-electron chi connectivity index (χ1n) is 8.76. The van der Waals surface area contributed by atoms with Gasteiger partial charge in [-0.1, -0.05) is 43.3 Å². The minimum Gasteiger partial charge on any atom is -0.492 e. The Balaban J connectivity index is 1.81. The van der Waals surface area contributed by atoms with Crippen LogP contribution < -0.4 is 10.1 Å². The summed E-state index contributed by atoms with van der Waals surface area (Å²) >= 11 is 0. The Bertz CT molecular complexity index is 713. The van der Waals surface area contributed by atoms with Crippen LogP contribution in [-0.2, 0) is 11.2 Å². The molecular formula is C21H28N2O2. The molecule has 1 amide bonds. The van der Waals surface area contributed by atoms with Crippen molar-refractivity contribution in [2.24, 2.45) is 0 Å². The summed E-state index contributed by atoms with van der Waals surface area (Å²) in [5.74, 6) is 0.898. The van der Waals surface area contributed by atoms with Crippen molar-refractivity contribution in [1.29, 1.82) is 0 Å². The van der Waals surface area contributed by atoms with Gasteiger partial charge in [0.25, 0.3) is 0 Å². The topological polar surface area (TPSA) is 41.6 Å². The van der Waals surface area contributed by atoms with Gasteiger partial charge in [-0.3, -0.25) is 9.69 Å². The summed E-state index contributed by atoms with van der Waals surface area (Å²) in [4.78, 5) is 14.3. The van der Waals surface area contributed by atoms with Gasteiger partial charge in [0, 0.05) is 12.2 Å². The number of anilines is 1. The molecule has 0 aliphatic heterocycles. The number of nitrogens with zero attached hydrogens (tertiary/aromatic N) is 1. The Labute approximate surface area is 150 Å². The van der Waals surface area contributed by atoms with Crippen LogP contribution in [0, 0.1) is 13.8 Å². The largest absolute Gasteiger partial charge is 0.492 e. The molecule has 0 unspecified atom stereocenters. The number of carbonyl (C=O) groups is 1. The minimum absolute atomic E-state index is 0.00221. The number of rotatable bonds is 8. The van der Waals surface area contributed by atoms with Crippen LogP contribution >= 0.6 is 0 Å². The van der Waals surface area contributed by atoms with Crippen LogP contribution in [0.15, 0.2) is 42.5 Å². The highest BCUT2D eigenvalue weighted by molar-refractivity contribution is 5.93. The van der Waals surface area contributed by atoms with E-state index in [2.05, 4.69) is 18.3 Å². The Morgan fingerprint density at radius 1 is 1.08 bits per heavy atom. The molecule has 0 aliphatic rings. The standard InChI is InChI=1S/C21H28N2O2/c1-5-18-11-8-10-17(3)21(18)22-20(24)15-23(4)13-14-25-19-12-7-6-9-16(19)2/h6-12H,5,13-15H2,1-4H3,(H,22,24). The van der Waals surface area contributed by atoms with Crippen LogP contribution in [0.25, 0.3) is 0 Å². The molecule has 0 saturated heterocycles. The second kappa shape index (κ2) is 9.23. The number of nitrogens with one attached hydrogen (secondary N) is 1. The Kier molecular flexibility index (Phi) is 7.02. The first-order chi connectivity index (χ1) is 12.0. The third kappa shape index (κ3) is 5.61. The summed E-state index contributed by atoms with van der Waals surface area (Å²) in [7, 11) is 1.93. The normalized spacial score (nSPS) is 10.8. The lowest BCUT2D eigenvalue weighted by atomic mass is 10.1. The Morgan fingerprint density at radius 2 is 1.80 bits per heavy atom. The molecule has 134 valence electrons. The van der Waals surface area contributed by atoms with Crippen LogP contribution in [-0.4, -0.2) is 37.6 Å². The van der Waals surface area contributed by atoms with Crippen LogP contribution in [0.2, 0.25) is 0 Å². The summed E-state index contributed by atoms with van der Waals surface area (Å²) in [6.07, 6.45) is 0.900. The van der Waals surface area contributed by atoms with Gasteiger partial charge in [0.2, 0.25) is 5.91 Å². The van der Waals surface area contributed by atoms with Gasteiger partial charge < -0.3 is 10.1 Å². The number of benzene rings is 2. The third-order valence-corrected chi connectivity index (χ3v) is 4.24. The van der Waals surface area contributed by atoms with E-state index < -0.39 is 0 Å². The first kappa shape index (κ1) is 19.0. The molecule has 25 heavy (non-hydrogen) atoms. The van der Waals surface area contributed by atoms with Crippen molar-refractivity contribution >= 4 is 11.6 Å². The highest BCUT2D eigenvalue weighted by Crippen LogP contribution is 2.21. The molecule has 1 N–H and O–H groups in total. The molecular weight excluding hydrogens is 312 g/mol. The molecule has 0 heterocycles. The number of hydrogen-bond acceptors (Lipinski definition) is 3. The van der Waals surface area contributed by atoms with Gasteiger partial charge in [-0.25, -0.2) is 0 Å². The molecule has 4 heteroatoms. The number of aryl methyl sites for hydroxylation is 3. The first-order valence-corrected chi connectivity index (χ1v) is 8.76. The zero-order chi connectivity index (χ0) is 18.2. The molecule has 0 radical (unpaired) electrons. The van der Waals surface area contributed by atoms with E-state index in [0.29, 0.717) is 19.7 Å². The molecule has 0 aliphatic carbocycles. The van der Waals surface area contributed by atoms with Crippen LogP contribution in [0.4, 0.5) is 5.69 Å². The smallest absolute Gasteiger partial charge is 0.238 e. The SMILES string of the molecule is CCc1cccc(C)c1NC(=O)CN(C)CCOc1ccccc1C. The second-order valence-corrected chi connectivity index (χ2v) is 6.36. The van der Waals surface area contributed by atoms with E-state index in [-0.39, 0.29) is 5.91 Å². The second-order valence-electron chi connectivity index (χ2n) is 6.36. The third-order valence-electron chi connectivity index (χ3n) is 4.24. The monoisotopic (exact) mass is 340 g/mol. The van der Waals surface area contributed by atoms with Crippen LogP contribution in [0.5, 0.6) is 5.75 Å². The van der Waals surface area contributed by atoms with E-state index in [0.717, 1.165) is 29.0 Å². The zero-order valence-corrected chi connectivity index (χ0v) is 15.6. The van der Waals surface area contributed by atoms with Gasteiger partial charge >= 0.3 is 0 Å². The van der Waals surface area contributed by atoms with Crippen molar-refractivity contribution in [1.82, 2.24) is 4.90 Å². The maximum Gasteiger partial charge on any atom is 0.238 e. The maximum absolute atomic E-state index is 12.3. The predicted octanol–water partition coefficient (Wildman–Crippen LogP) is 3.82. The molecule has 4 nitrogen and oxygen atoms in total. The molecule has 0 aromatic heterocycles. The van der Waals surface area contributed by atoms with Gasteiger partial charge in [-0.2, -0.15) is 0 Å². The van der Waals surface area contributed by atoms with Crippen molar-refractivity contribution in [2.75, 3.05) is 32.1 Å². The number of para-hydroxylation sites is 2. The van der Waals surface area contributed by atoms with E-state index in [9.17, 15) is 4.79 Å². The van der Waals surface area contributed by atoms with E-state index in [1.807, 2.05) is 62.2 Å². The van der Waals surface area contributed by atoms with Crippen molar-refractivity contribution in [3.8, 4) is 5.75 Å². The van der Waals surface area contributed by atoms with Gasteiger partial charge in [0.15, 0.2) is 0 Å². The average Bonchev–Trinajstić information content (AvgIpc) is 2.58. The van der Waals surface area contributed by atoms with E-state index >= 15 is 0 Å². The number of likely N-dealkylation sites (N-methyl/N-ethyl adjacent to an activating group) is 1. The van der Waals surface area contributed by atoms with E-state index in [4.69, 9.17) is 4.74 Å². The molecule has 2 aromatic carbocycles. The molecule has 2 aromatic rings. The van der Waals surface area contributed by atoms with Crippen molar-refractivity contribution in [3.05, 3.63) is 59.2 Å². The zero-order valence-electron chi connectivity index (χ0n) is 15.6. The van der Waals surface area contributed by atoms with Gasteiger partial charge in [-0.15, -0.1) is 0 Å². The molecule has 0 saturated carbocycles. The molecule has 0 atom stereocenters. The summed E-state index contributed by atoms with van der Waals surface area (Å²) < 4.78 is 5.79. The highest BCUT2D eigenvalue weighted by Gasteiger charge is 2.11. The van der Waals surface area contributed by atoms with Crippen molar-refractivity contribution < 1.29 is 9.53 Å². The van der Waals surface area contributed by atoms with Gasteiger partial charge in [0.05, 0.1) is 6.54 Å². The average molecular weight is 340 g/mol. The molecule has 0 fully saturated rings. The lowest BCUT2D eigenvalue weighted by molar-refractivity contribution is -0.117. The maximum atomic E-state index is 12.3. The quantitative estimate of drug-likeness (QED) is 0.794. The van der Waals surface area contributed by atoms with Crippen molar-refractivity contribution in [3.63, 3.8) is 0 Å². The van der Waals surface area contributed by atoms with Crippen molar-refractivity contribution in [2.45, 2.75) is 27.2 Å². The number of hydrogen-bond donors (Lipinski definition) is 1. The van der Waals surface area contributed by atoms with Crippen LogP contribution in [0.1, 0.15) is 23.6 Å². The Morgan fingerprint density at radius 3 is 2.52 bits per heavy atom. The van der Waals surface area contributed by atoms with Gasteiger partial charge in [-0.05, 0) is 50.1 Å². The number of amides is 1. The van der Waals surface area contributed by atoms with Crippen LogP contribution in [0.3, 0.4) is 0 Å². The number of carbonyl (C=O) groups excluding carboxylic acids is 1. The lowest BCUT2D eigenvalue weighted by Gasteiger charge is -2.18.